The van der Waals surface area contributed by atoms with Gasteiger partial charge in [-0.3, -0.25) is 0 Å². The minimum absolute atomic E-state index is 0.101. The van der Waals surface area contributed by atoms with Gasteiger partial charge in [0.25, 0.3) is 0 Å². The Kier molecular flexibility index (Phi) is 3.70. The molecule has 6 heteroatoms. The minimum Gasteiger partial charge on any atom is -0.379 e. The Hall–Kier alpha value is 0.350. The lowest BCUT2D eigenvalue weighted by Crippen LogP contribution is -2.44. The van der Waals surface area contributed by atoms with Gasteiger partial charge in [0.05, 0.1) is 29.3 Å². The minimum atomic E-state index is -3.14. The molecule has 0 spiro atoms. The average molecular weight is 298 g/mol. The molecule has 2 aliphatic rings. The van der Waals surface area contributed by atoms with Crippen molar-refractivity contribution in [3.8, 4) is 0 Å². The van der Waals surface area contributed by atoms with Crippen LogP contribution in [0.25, 0.3) is 0 Å². The second-order valence-electron chi connectivity index (χ2n) is 4.23. The lowest BCUT2D eigenvalue weighted by atomic mass is 10.3. The Morgan fingerprint density at radius 3 is 2.40 bits per heavy atom. The number of nitrogens with one attached hydrogen (secondary N) is 1. The van der Waals surface area contributed by atoms with E-state index in [1.165, 1.54) is 0 Å². The third kappa shape index (κ3) is 2.72. The van der Waals surface area contributed by atoms with Gasteiger partial charge in [-0.25, -0.2) is 13.1 Å². The van der Waals surface area contributed by atoms with Gasteiger partial charge in [-0.05, 0) is 12.8 Å². The number of halogens is 1. The molecule has 2 unspecified atom stereocenters. The largest absolute Gasteiger partial charge is 0.379 e. The third-order valence-electron chi connectivity index (χ3n) is 3.07. The highest BCUT2D eigenvalue weighted by molar-refractivity contribution is 9.09. The Labute approximate surface area is 98.9 Å². The molecule has 0 aromatic heterocycles. The number of hydrogen-bond acceptors (Lipinski definition) is 3. The highest BCUT2D eigenvalue weighted by Gasteiger charge is 2.34. The first-order valence-corrected chi connectivity index (χ1v) is 7.79. The molecule has 1 saturated heterocycles. The summed E-state index contributed by atoms with van der Waals surface area (Å²) in [6.07, 6.45) is 3.67. The highest BCUT2D eigenvalue weighted by Crippen LogP contribution is 2.25. The first kappa shape index (κ1) is 11.8. The summed E-state index contributed by atoms with van der Waals surface area (Å²) in [5.74, 6) is 0. The molecule has 1 heterocycles. The van der Waals surface area contributed by atoms with Crippen LogP contribution in [0.5, 0.6) is 0 Å². The van der Waals surface area contributed by atoms with Crippen LogP contribution < -0.4 is 4.72 Å². The van der Waals surface area contributed by atoms with Crippen molar-refractivity contribution in [2.75, 3.05) is 13.2 Å². The van der Waals surface area contributed by atoms with Crippen molar-refractivity contribution in [2.24, 2.45) is 0 Å². The lowest BCUT2D eigenvalue weighted by Gasteiger charge is -2.18. The summed E-state index contributed by atoms with van der Waals surface area (Å²) in [4.78, 5) is 0.105. The fraction of sp³-hybridized carbons (Fsp3) is 1.00. The van der Waals surface area contributed by atoms with Crippen LogP contribution in [0.15, 0.2) is 0 Å². The third-order valence-corrected chi connectivity index (χ3v) is 5.95. The van der Waals surface area contributed by atoms with Gasteiger partial charge in [-0.15, -0.1) is 0 Å². The van der Waals surface area contributed by atoms with Gasteiger partial charge in [0.1, 0.15) is 0 Å². The fourth-order valence-corrected chi connectivity index (χ4v) is 4.59. The number of alkyl halides is 1. The predicted molar refractivity (Wildman–Crippen MR) is 61.6 cm³/mol. The molecular formula is C9H16BrNO3S. The van der Waals surface area contributed by atoms with Crippen molar-refractivity contribution in [1.29, 1.82) is 0 Å². The number of hydrogen-bond donors (Lipinski definition) is 1. The van der Waals surface area contributed by atoms with E-state index in [0.717, 1.165) is 25.7 Å². The molecule has 4 nitrogen and oxygen atoms in total. The van der Waals surface area contributed by atoms with Crippen LogP contribution in [0.2, 0.25) is 0 Å². The summed E-state index contributed by atoms with van der Waals surface area (Å²) in [5.41, 5.74) is 0. The van der Waals surface area contributed by atoms with Gasteiger partial charge >= 0.3 is 0 Å². The van der Waals surface area contributed by atoms with Gasteiger partial charge in [0.2, 0.25) is 10.0 Å². The second-order valence-corrected chi connectivity index (χ2v) is 7.40. The van der Waals surface area contributed by atoms with Crippen LogP contribution in [0.3, 0.4) is 0 Å². The Bertz CT molecular complexity index is 313. The molecule has 0 radical (unpaired) electrons. The molecule has 2 fully saturated rings. The molecule has 0 aromatic carbocycles. The molecule has 1 aliphatic heterocycles. The van der Waals surface area contributed by atoms with Crippen molar-refractivity contribution < 1.29 is 13.2 Å². The second kappa shape index (κ2) is 4.69. The van der Waals surface area contributed by atoms with Crippen LogP contribution in [0.1, 0.15) is 25.7 Å². The van der Waals surface area contributed by atoms with Gasteiger partial charge in [-0.2, -0.15) is 0 Å². The van der Waals surface area contributed by atoms with E-state index in [9.17, 15) is 8.42 Å². The fourth-order valence-electron chi connectivity index (χ4n) is 2.14. The van der Waals surface area contributed by atoms with Crippen LogP contribution in [-0.2, 0) is 14.8 Å². The van der Waals surface area contributed by atoms with E-state index < -0.39 is 10.0 Å². The number of rotatable bonds is 3. The Morgan fingerprint density at radius 2 is 1.87 bits per heavy atom. The molecule has 88 valence electrons. The monoisotopic (exact) mass is 297 g/mol. The summed E-state index contributed by atoms with van der Waals surface area (Å²) < 4.78 is 31.8. The topological polar surface area (TPSA) is 55.4 Å². The zero-order chi connectivity index (χ0) is 10.9. The van der Waals surface area contributed by atoms with E-state index in [-0.39, 0.29) is 16.1 Å². The van der Waals surface area contributed by atoms with Crippen molar-refractivity contribution in [1.82, 2.24) is 4.72 Å². The van der Waals surface area contributed by atoms with E-state index in [1.54, 1.807) is 0 Å². The molecule has 0 bridgehead atoms. The van der Waals surface area contributed by atoms with Crippen LogP contribution >= 0.6 is 15.9 Å². The van der Waals surface area contributed by atoms with E-state index in [0.29, 0.717) is 13.2 Å². The van der Waals surface area contributed by atoms with Crippen molar-refractivity contribution >= 4 is 26.0 Å². The Morgan fingerprint density at radius 1 is 1.20 bits per heavy atom. The SMILES string of the molecule is O=S(=O)(NC1COCC1Br)C1CCCC1. The van der Waals surface area contributed by atoms with Crippen LogP contribution in [0.4, 0.5) is 0 Å². The molecule has 1 saturated carbocycles. The van der Waals surface area contributed by atoms with Crippen molar-refractivity contribution in [3.63, 3.8) is 0 Å². The van der Waals surface area contributed by atoms with E-state index in [4.69, 9.17) is 4.74 Å². The summed E-state index contributed by atoms with van der Waals surface area (Å²) in [5, 5.41) is -0.183. The molecule has 15 heavy (non-hydrogen) atoms. The molecule has 0 aromatic rings. The summed E-state index contributed by atoms with van der Waals surface area (Å²) in [7, 11) is -3.14. The van der Waals surface area contributed by atoms with E-state index >= 15 is 0 Å². The molecule has 1 aliphatic carbocycles. The maximum Gasteiger partial charge on any atom is 0.214 e. The average Bonchev–Trinajstić information content (AvgIpc) is 2.77. The number of ether oxygens (including phenoxy) is 1. The van der Waals surface area contributed by atoms with E-state index in [2.05, 4.69) is 20.7 Å². The lowest BCUT2D eigenvalue weighted by molar-refractivity contribution is 0.193. The van der Waals surface area contributed by atoms with Gasteiger partial charge in [-0.1, -0.05) is 28.8 Å². The molecule has 2 atom stereocenters. The molecule has 2 rings (SSSR count). The summed E-state index contributed by atoms with van der Waals surface area (Å²) >= 11 is 3.41. The van der Waals surface area contributed by atoms with Crippen molar-refractivity contribution in [2.45, 2.75) is 41.8 Å². The predicted octanol–water partition coefficient (Wildman–Crippen LogP) is 1.01. The molecule has 1 N–H and O–H groups in total. The van der Waals surface area contributed by atoms with Gasteiger partial charge in [0.15, 0.2) is 0 Å². The van der Waals surface area contributed by atoms with Gasteiger partial charge in [0, 0.05) is 0 Å². The smallest absolute Gasteiger partial charge is 0.214 e. The Balaban J connectivity index is 1.97. The van der Waals surface area contributed by atoms with Crippen LogP contribution in [-0.4, -0.2) is 37.8 Å². The first-order valence-electron chi connectivity index (χ1n) is 5.32. The van der Waals surface area contributed by atoms with Gasteiger partial charge < -0.3 is 4.74 Å². The molecule has 0 amide bonds. The van der Waals surface area contributed by atoms with E-state index in [1.807, 2.05) is 0 Å². The summed E-state index contributed by atoms with van der Waals surface area (Å²) in [6.45, 7) is 1.06. The van der Waals surface area contributed by atoms with Crippen molar-refractivity contribution in [3.05, 3.63) is 0 Å². The first-order chi connectivity index (χ1) is 7.09. The van der Waals surface area contributed by atoms with Crippen LogP contribution in [0, 0.1) is 0 Å². The quantitative estimate of drug-likeness (QED) is 0.791. The summed E-state index contributed by atoms with van der Waals surface area (Å²) in [6, 6.07) is -0.101. The maximum atomic E-state index is 11.9. The maximum absolute atomic E-state index is 11.9. The zero-order valence-electron chi connectivity index (χ0n) is 8.49. The highest BCUT2D eigenvalue weighted by atomic mass is 79.9. The number of sulfonamides is 1. The molecular weight excluding hydrogens is 282 g/mol. The zero-order valence-corrected chi connectivity index (χ0v) is 10.9. The normalized spacial score (nSPS) is 33.7. The standard InChI is InChI=1S/C9H16BrNO3S/c10-8-5-14-6-9(8)11-15(12,13)7-3-1-2-4-7/h7-9,11H,1-6H2.